The van der Waals surface area contributed by atoms with E-state index in [1.165, 1.54) is 0 Å². The molecule has 0 amide bonds. The maximum Gasteiger partial charge on any atom is 0.293 e. The molecule has 0 spiro atoms. The summed E-state index contributed by atoms with van der Waals surface area (Å²) in [6.07, 6.45) is 3.06. The minimum atomic E-state index is -0.345. The average Bonchev–Trinajstić information content (AvgIpc) is 2.30. The summed E-state index contributed by atoms with van der Waals surface area (Å²) in [5.74, 6) is 0. The van der Waals surface area contributed by atoms with E-state index in [0.29, 0.717) is 10.9 Å². The molecule has 0 saturated heterocycles. The number of nitrogens with one attached hydrogen (secondary N) is 1. The van der Waals surface area contributed by atoms with Crippen LogP contribution in [0.1, 0.15) is 13.3 Å². The molecule has 0 aliphatic carbocycles. The summed E-state index contributed by atoms with van der Waals surface area (Å²) in [5.41, 5.74) is 0.748. The van der Waals surface area contributed by atoms with Crippen molar-refractivity contribution in [2.75, 3.05) is 18.1 Å². The standard InChI is InChI=1S/C11H15IN2O2S/c1-8(17-2)5-6-13-10-4-3-9(12)7-11(10)14(15)16/h3-4,7-8,13H,5-6H2,1-2H3. The molecule has 4 nitrogen and oxygen atoms in total. The molecule has 94 valence electrons. The van der Waals surface area contributed by atoms with Crippen LogP contribution in [0.25, 0.3) is 0 Å². The number of halogens is 1. The number of nitro groups is 1. The van der Waals surface area contributed by atoms with Gasteiger partial charge in [-0.1, -0.05) is 6.92 Å². The molecule has 0 fully saturated rings. The van der Waals surface area contributed by atoms with E-state index in [1.807, 2.05) is 6.07 Å². The van der Waals surface area contributed by atoms with Crippen LogP contribution < -0.4 is 5.32 Å². The second kappa shape index (κ2) is 7.05. The van der Waals surface area contributed by atoms with Crippen LogP contribution in [0.2, 0.25) is 0 Å². The van der Waals surface area contributed by atoms with E-state index in [-0.39, 0.29) is 10.6 Å². The fourth-order valence-corrected chi connectivity index (χ4v) is 2.16. The Morgan fingerprint density at radius 2 is 2.29 bits per heavy atom. The van der Waals surface area contributed by atoms with Crippen LogP contribution >= 0.6 is 34.4 Å². The van der Waals surface area contributed by atoms with Gasteiger partial charge in [0.15, 0.2) is 0 Å². The Kier molecular flexibility index (Phi) is 6.04. The normalized spacial score (nSPS) is 12.2. The molecular formula is C11H15IN2O2S. The van der Waals surface area contributed by atoms with Crippen molar-refractivity contribution in [3.63, 3.8) is 0 Å². The predicted octanol–water partition coefficient (Wildman–Crippen LogP) is 3.75. The summed E-state index contributed by atoms with van der Waals surface area (Å²) in [5, 5.41) is 14.6. The fraction of sp³-hybridized carbons (Fsp3) is 0.455. The highest BCUT2D eigenvalue weighted by atomic mass is 127. The summed E-state index contributed by atoms with van der Waals surface area (Å²) >= 11 is 3.87. The monoisotopic (exact) mass is 366 g/mol. The van der Waals surface area contributed by atoms with E-state index in [9.17, 15) is 10.1 Å². The predicted molar refractivity (Wildman–Crippen MR) is 81.9 cm³/mol. The lowest BCUT2D eigenvalue weighted by Gasteiger charge is -2.10. The molecule has 0 saturated carbocycles. The smallest absolute Gasteiger partial charge is 0.293 e. The summed E-state index contributed by atoms with van der Waals surface area (Å²) in [4.78, 5) is 10.5. The molecule has 1 aromatic rings. The molecule has 0 aliphatic heterocycles. The molecule has 1 rings (SSSR count). The van der Waals surface area contributed by atoms with Crippen LogP contribution in [-0.4, -0.2) is 23.0 Å². The lowest BCUT2D eigenvalue weighted by Crippen LogP contribution is -2.09. The summed E-state index contributed by atoms with van der Waals surface area (Å²) in [6.45, 7) is 2.90. The Morgan fingerprint density at radius 1 is 1.59 bits per heavy atom. The molecule has 0 heterocycles. The average molecular weight is 366 g/mol. The molecule has 6 heteroatoms. The SMILES string of the molecule is CSC(C)CCNc1ccc(I)cc1[N+](=O)[O-]. The van der Waals surface area contributed by atoms with Gasteiger partial charge >= 0.3 is 0 Å². The van der Waals surface area contributed by atoms with E-state index >= 15 is 0 Å². The Morgan fingerprint density at radius 3 is 2.88 bits per heavy atom. The number of hydrogen-bond acceptors (Lipinski definition) is 4. The molecule has 0 aliphatic rings. The number of anilines is 1. The second-order valence-electron chi connectivity index (χ2n) is 3.68. The highest BCUT2D eigenvalue weighted by molar-refractivity contribution is 14.1. The Balaban J connectivity index is 2.67. The van der Waals surface area contributed by atoms with Gasteiger partial charge in [0.05, 0.1) is 4.92 Å². The maximum atomic E-state index is 10.9. The Labute approximate surface area is 119 Å². The highest BCUT2D eigenvalue weighted by Gasteiger charge is 2.13. The third-order valence-electron chi connectivity index (χ3n) is 2.43. The molecule has 0 bridgehead atoms. The molecule has 1 atom stereocenters. The third-order valence-corrected chi connectivity index (χ3v) is 4.14. The minimum Gasteiger partial charge on any atom is -0.379 e. The van der Waals surface area contributed by atoms with Crippen molar-refractivity contribution in [1.82, 2.24) is 0 Å². The zero-order chi connectivity index (χ0) is 12.8. The first-order valence-corrected chi connectivity index (χ1v) is 7.62. The molecule has 1 aromatic carbocycles. The Hall–Kier alpha value is -0.500. The molecular weight excluding hydrogens is 351 g/mol. The van der Waals surface area contributed by atoms with Crippen LogP contribution in [0, 0.1) is 13.7 Å². The van der Waals surface area contributed by atoms with Crippen LogP contribution in [0.3, 0.4) is 0 Å². The van der Waals surface area contributed by atoms with E-state index < -0.39 is 0 Å². The van der Waals surface area contributed by atoms with Gasteiger partial charge in [0.25, 0.3) is 5.69 Å². The Bertz CT molecular complexity index is 401. The largest absolute Gasteiger partial charge is 0.379 e. The van der Waals surface area contributed by atoms with Crippen molar-refractivity contribution >= 4 is 45.7 Å². The van der Waals surface area contributed by atoms with Gasteiger partial charge in [0, 0.05) is 21.4 Å². The molecule has 1 N–H and O–H groups in total. The quantitative estimate of drug-likeness (QED) is 0.473. The lowest BCUT2D eigenvalue weighted by atomic mass is 10.2. The van der Waals surface area contributed by atoms with Gasteiger partial charge in [0.2, 0.25) is 0 Å². The zero-order valence-corrected chi connectivity index (χ0v) is 12.7. The van der Waals surface area contributed by atoms with E-state index in [0.717, 1.165) is 16.5 Å². The molecule has 17 heavy (non-hydrogen) atoms. The first-order chi connectivity index (χ1) is 8.04. The summed E-state index contributed by atoms with van der Waals surface area (Å²) in [6, 6.07) is 5.22. The lowest BCUT2D eigenvalue weighted by molar-refractivity contribution is -0.384. The van der Waals surface area contributed by atoms with Gasteiger partial charge in [0.1, 0.15) is 5.69 Å². The van der Waals surface area contributed by atoms with E-state index in [4.69, 9.17) is 0 Å². The number of nitro benzene ring substituents is 1. The number of nitrogens with zero attached hydrogens (tertiary/aromatic N) is 1. The third kappa shape index (κ3) is 4.71. The zero-order valence-electron chi connectivity index (χ0n) is 9.77. The van der Waals surface area contributed by atoms with Gasteiger partial charge in [-0.25, -0.2) is 0 Å². The highest BCUT2D eigenvalue weighted by Crippen LogP contribution is 2.26. The van der Waals surface area contributed by atoms with Gasteiger partial charge in [-0.15, -0.1) is 0 Å². The van der Waals surface area contributed by atoms with Gasteiger partial charge in [-0.2, -0.15) is 11.8 Å². The van der Waals surface area contributed by atoms with Crippen molar-refractivity contribution in [3.05, 3.63) is 31.9 Å². The van der Waals surface area contributed by atoms with E-state index in [1.54, 1.807) is 23.9 Å². The first kappa shape index (κ1) is 14.6. The number of benzene rings is 1. The fourth-order valence-electron chi connectivity index (χ4n) is 1.33. The second-order valence-corrected chi connectivity index (χ2v) is 6.20. The van der Waals surface area contributed by atoms with Crippen molar-refractivity contribution in [2.24, 2.45) is 0 Å². The maximum absolute atomic E-state index is 10.9. The van der Waals surface area contributed by atoms with Crippen molar-refractivity contribution < 1.29 is 4.92 Å². The molecule has 1 unspecified atom stereocenters. The van der Waals surface area contributed by atoms with Crippen molar-refractivity contribution in [3.8, 4) is 0 Å². The number of thioether (sulfide) groups is 1. The molecule has 0 radical (unpaired) electrons. The first-order valence-electron chi connectivity index (χ1n) is 5.25. The van der Waals surface area contributed by atoms with Gasteiger partial charge in [-0.05, 0) is 47.4 Å². The van der Waals surface area contributed by atoms with Gasteiger partial charge < -0.3 is 5.32 Å². The van der Waals surface area contributed by atoms with Crippen LogP contribution in [-0.2, 0) is 0 Å². The van der Waals surface area contributed by atoms with Crippen LogP contribution in [0.15, 0.2) is 18.2 Å². The number of rotatable bonds is 6. The topological polar surface area (TPSA) is 55.2 Å². The van der Waals surface area contributed by atoms with Gasteiger partial charge in [-0.3, -0.25) is 10.1 Å². The van der Waals surface area contributed by atoms with E-state index in [2.05, 4.69) is 41.1 Å². The van der Waals surface area contributed by atoms with Crippen LogP contribution in [0.5, 0.6) is 0 Å². The number of hydrogen-bond donors (Lipinski definition) is 1. The molecule has 0 aromatic heterocycles. The van der Waals surface area contributed by atoms with Crippen molar-refractivity contribution in [1.29, 1.82) is 0 Å². The van der Waals surface area contributed by atoms with Crippen molar-refractivity contribution in [2.45, 2.75) is 18.6 Å². The summed E-state index contributed by atoms with van der Waals surface area (Å²) in [7, 11) is 0. The van der Waals surface area contributed by atoms with Crippen LogP contribution in [0.4, 0.5) is 11.4 Å². The summed E-state index contributed by atoms with van der Waals surface area (Å²) < 4.78 is 0.873. The minimum absolute atomic E-state index is 0.147.